The number of fused-ring (bicyclic) bond motifs is 1. The molecule has 4 atom stereocenters. The third-order valence-electron chi connectivity index (χ3n) is 4.16. The summed E-state index contributed by atoms with van der Waals surface area (Å²) >= 11 is 0. The molecule has 1 heterocycles. The first kappa shape index (κ1) is 13.8. The fraction of sp³-hybridized carbons (Fsp3) is 0.923. The van der Waals surface area contributed by atoms with E-state index in [1.165, 1.54) is 19.3 Å². The molecular formula is C13H24N2O3. The fourth-order valence-electron chi connectivity index (χ4n) is 3.22. The highest BCUT2D eigenvalue weighted by atomic mass is 16.5. The molecule has 1 aliphatic carbocycles. The molecule has 18 heavy (non-hydrogen) atoms. The van der Waals surface area contributed by atoms with Crippen LogP contribution in [-0.4, -0.2) is 50.0 Å². The molecular weight excluding hydrogens is 232 g/mol. The summed E-state index contributed by atoms with van der Waals surface area (Å²) in [4.78, 5) is 12.0. The maximum absolute atomic E-state index is 12.0. The van der Waals surface area contributed by atoms with E-state index < -0.39 is 6.10 Å². The van der Waals surface area contributed by atoms with Crippen LogP contribution in [0.2, 0.25) is 0 Å². The van der Waals surface area contributed by atoms with Crippen molar-refractivity contribution in [3.05, 3.63) is 0 Å². The third kappa shape index (κ3) is 3.22. The summed E-state index contributed by atoms with van der Waals surface area (Å²) in [6.07, 6.45) is 3.73. The van der Waals surface area contributed by atoms with E-state index in [9.17, 15) is 9.90 Å². The average molecular weight is 256 g/mol. The summed E-state index contributed by atoms with van der Waals surface area (Å²) in [6.45, 7) is 1.82. The quantitative estimate of drug-likeness (QED) is 0.620. The standard InChI is InChI=1S/C13H24N2O3/c1-18-8-10(16)5-6-14-13(17)12-11-4-2-3-9(11)7-15-12/h9-12,15-16H,2-8H2,1H3,(H,14,17). The number of hydrogen-bond donors (Lipinski definition) is 3. The first-order valence-corrected chi connectivity index (χ1v) is 6.90. The Morgan fingerprint density at radius 1 is 1.56 bits per heavy atom. The van der Waals surface area contributed by atoms with Crippen LogP contribution >= 0.6 is 0 Å². The number of methoxy groups -OCH3 is 1. The Hall–Kier alpha value is -0.650. The lowest BCUT2D eigenvalue weighted by atomic mass is 9.93. The normalized spacial score (nSPS) is 32.2. The topological polar surface area (TPSA) is 70.6 Å². The maximum Gasteiger partial charge on any atom is 0.237 e. The van der Waals surface area contributed by atoms with Gasteiger partial charge in [-0.05, 0) is 37.6 Å². The van der Waals surface area contributed by atoms with Crippen molar-refractivity contribution in [2.24, 2.45) is 11.8 Å². The van der Waals surface area contributed by atoms with E-state index in [0.29, 0.717) is 31.4 Å². The Morgan fingerprint density at radius 3 is 3.17 bits per heavy atom. The highest BCUT2D eigenvalue weighted by Crippen LogP contribution is 2.37. The molecule has 1 amide bonds. The van der Waals surface area contributed by atoms with Crippen LogP contribution in [0.25, 0.3) is 0 Å². The van der Waals surface area contributed by atoms with Gasteiger partial charge in [-0.15, -0.1) is 0 Å². The van der Waals surface area contributed by atoms with Crippen LogP contribution in [0.15, 0.2) is 0 Å². The zero-order valence-electron chi connectivity index (χ0n) is 11.0. The van der Waals surface area contributed by atoms with Crippen LogP contribution < -0.4 is 10.6 Å². The number of nitrogens with one attached hydrogen (secondary N) is 2. The molecule has 3 N–H and O–H groups in total. The lowest BCUT2D eigenvalue weighted by Crippen LogP contribution is -2.44. The van der Waals surface area contributed by atoms with Crippen LogP contribution in [-0.2, 0) is 9.53 Å². The minimum Gasteiger partial charge on any atom is -0.391 e. The average Bonchev–Trinajstić information content (AvgIpc) is 2.90. The van der Waals surface area contributed by atoms with Gasteiger partial charge in [0.05, 0.1) is 18.8 Å². The Bertz CT molecular complexity index is 285. The Balaban J connectivity index is 1.68. The van der Waals surface area contributed by atoms with E-state index in [4.69, 9.17) is 4.74 Å². The molecule has 2 rings (SSSR count). The monoisotopic (exact) mass is 256 g/mol. The lowest BCUT2D eigenvalue weighted by Gasteiger charge is -2.18. The largest absolute Gasteiger partial charge is 0.391 e. The molecule has 0 radical (unpaired) electrons. The van der Waals surface area contributed by atoms with Crippen LogP contribution in [0.1, 0.15) is 25.7 Å². The highest BCUT2D eigenvalue weighted by molar-refractivity contribution is 5.82. The second-order valence-electron chi connectivity index (χ2n) is 5.43. The van der Waals surface area contributed by atoms with Crippen molar-refractivity contribution in [1.29, 1.82) is 0 Å². The number of rotatable bonds is 6. The summed E-state index contributed by atoms with van der Waals surface area (Å²) in [6, 6.07) is -0.0166. The molecule has 5 heteroatoms. The third-order valence-corrected chi connectivity index (χ3v) is 4.16. The maximum atomic E-state index is 12.0. The second kappa shape index (κ2) is 6.50. The molecule has 1 saturated heterocycles. The van der Waals surface area contributed by atoms with Gasteiger partial charge in [-0.25, -0.2) is 0 Å². The van der Waals surface area contributed by atoms with Gasteiger partial charge < -0.3 is 20.5 Å². The molecule has 1 aliphatic heterocycles. The van der Waals surface area contributed by atoms with E-state index in [-0.39, 0.29) is 11.9 Å². The summed E-state index contributed by atoms with van der Waals surface area (Å²) in [5.41, 5.74) is 0. The first-order chi connectivity index (χ1) is 8.72. The number of hydrogen-bond acceptors (Lipinski definition) is 4. The van der Waals surface area contributed by atoms with E-state index in [1.54, 1.807) is 7.11 Å². The lowest BCUT2D eigenvalue weighted by molar-refractivity contribution is -0.123. The van der Waals surface area contributed by atoms with E-state index >= 15 is 0 Å². The molecule has 0 aromatic carbocycles. The van der Waals surface area contributed by atoms with Gasteiger partial charge >= 0.3 is 0 Å². The van der Waals surface area contributed by atoms with E-state index in [2.05, 4.69) is 10.6 Å². The zero-order chi connectivity index (χ0) is 13.0. The number of aliphatic hydroxyl groups is 1. The van der Waals surface area contributed by atoms with Gasteiger partial charge in [0, 0.05) is 13.7 Å². The van der Waals surface area contributed by atoms with Crippen LogP contribution in [0.3, 0.4) is 0 Å². The first-order valence-electron chi connectivity index (χ1n) is 6.90. The number of carbonyl (C=O) groups is 1. The van der Waals surface area contributed by atoms with E-state index in [0.717, 1.165) is 6.54 Å². The molecule has 2 aliphatic rings. The van der Waals surface area contributed by atoms with Crippen LogP contribution in [0.5, 0.6) is 0 Å². The van der Waals surface area contributed by atoms with Gasteiger partial charge in [-0.1, -0.05) is 6.42 Å². The van der Waals surface area contributed by atoms with Crippen LogP contribution in [0.4, 0.5) is 0 Å². The van der Waals surface area contributed by atoms with Crippen molar-refractivity contribution < 1.29 is 14.6 Å². The van der Waals surface area contributed by atoms with Gasteiger partial charge in [0.25, 0.3) is 0 Å². The molecule has 0 spiro atoms. The van der Waals surface area contributed by atoms with Gasteiger partial charge in [0.15, 0.2) is 0 Å². The summed E-state index contributed by atoms with van der Waals surface area (Å²) < 4.78 is 4.84. The Labute approximate surface area is 108 Å². The zero-order valence-corrected chi connectivity index (χ0v) is 11.0. The summed E-state index contributed by atoms with van der Waals surface area (Å²) in [5, 5.41) is 15.7. The van der Waals surface area contributed by atoms with Crippen LogP contribution in [0, 0.1) is 11.8 Å². The predicted molar refractivity (Wildman–Crippen MR) is 68.1 cm³/mol. The molecule has 0 aromatic heterocycles. The summed E-state index contributed by atoms with van der Waals surface area (Å²) in [7, 11) is 1.56. The minimum atomic E-state index is -0.494. The number of aliphatic hydroxyl groups excluding tert-OH is 1. The molecule has 1 saturated carbocycles. The molecule has 4 unspecified atom stereocenters. The van der Waals surface area contributed by atoms with Crippen molar-refractivity contribution in [2.75, 3.05) is 26.8 Å². The Kier molecular flexibility index (Phi) is 4.97. The van der Waals surface area contributed by atoms with Gasteiger partial charge in [-0.2, -0.15) is 0 Å². The predicted octanol–water partition coefficient (Wildman–Crippen LogP) is -0.112. The SMILES string of the molecule is COCC(O)CCNC(=O)C1NCC2CCCC21. The van der Waals surface area contributed by atoms with Crippen molar-refractivity contribution in [3.8, 4) is 0 Å². The molecule has 104 valence electrons. The van der Waals surface area contributed by atoms with E-state index in [1.807, 2.05) is 0 Å². The number of amides is 1. The second-order valence-corrected chi connectivity index (χ2v) is 5.43. The number of ether oxygens (including phenoxy) is 1. The molecule has 0 bridgehead atoms. The van der Waals surface area contributed by atoms with Gasteiger partial charge in [0.1, 0.15) is 0 Å². The van der Waals surface area contributed by atoms with Crippen molar-refractivity contribution >= 4 is 5.91 Å². The number of carbonyl (C=O) groups excluding carboxylic acids is 1. The van der Waals surface area contributed by atoms with Gasteiger partial charge in [0.2, 0.25) is 5.91 Å². The molecule has 5 nitrogen and oxygen atoms in total. The van der Waals surface area contributed by atoms with Crippen molar-refractivity contribution in [2.45, 2.75) is 37.8 Å². The van der Waals surface area contributed by atoms with Gasteiger partial charge in [-0.3, -0.25) is 4.79 Å². The van der Waals surface area contributed by atoms with Crippen molar-refractivity contribution in [1.82, 2.24) is 10.6 Å². The minimum absolute atomic E-state index is 0.0166. The highest BCUT2D eigenvalue weighted by Gasteiger charge is 2.42. The molecule has 0 aromatic rings. The summed E-state index contributed by atoms with van der Waals surface area (Å²) in [5.74, 6) is 1.31. The fourth-order valence-corrected chi connectivity index (χ4v) is 3.22. The Morgan fingerprint density at radius 2 is 2.39 bits per heavy atom. The smallest absolute Gasteiger partial charge is 0.237 e. The van der Waals surface area contributed by atoms with Crippen molar-refractivity contribution in [3.63, 3.8) is 0 Å². The molecule has 2 fully saturated rings.